The predicted molar refractivity (Wildman–Crippen MR) is 160 cm³/mol. The average Bonchev–Trinajstić information content (AvgIpc) is 2.95. The molecule has 206 valence electrons. The van der Waals surface area contributed by atoms with Crippen molar-refractivity contribution in [1.82, 2.24) is 10.2 Å². The van der Waals surface area contributed by atoms with Crippen LogP contribution in [0.2, 0.25) is 0 Å². The Labute approximate surface area is 241 Å². The molecular weight excluding hydrogens is 552 g/mol. The molecule has 1 fully saturated rings. The van der Waals surface area contributed by atoms with Crippen molar-refractivity contribution in [2.45, 2.75) is 77.4 Å². The van der Waals surface area contributed by atoms with E-state index in [2.05, 4.69) is 34.2 Å². The van der Waals surface area contributed by atoms with Crippen molar-refractivity contribution in [2.75, 3.05) is 6.61 Å². The van der Waals surface area contributed by atoms with Crippen LogP contribution in [0.15, 0.2) is 77.3 Å². The summed E-state index contributed by atoms with van der Waals surface area (Å²) in [7, 11) is 0. The fourth-order valence-electron chi connectivity index (χ4n) is 5.21. The van der Waals surface area contributed by atoms with Gasteiger partial charge >= 0.3 is 0 Å². The minimum Gasteiger partial charge on any atom is -0.483 e. The maximum Gasteiger partial charge on any atom is 0.261 e. The van der Waals surface area contributed by atoms with Gasteiger partial charge < -0.3 is 15.0 Å². The maximum atomic E-state index is 13.9. The van der Waals surface area contributed by atoms with Crippen LogP contribution in [0.3, 0.4) is 0 Å². The number of nitrogens with one attached hydrogen (secondary N) is 1. The molecule has 0 heterocycles. The molecule has 1 atom stereocenters. The van der Waals surface area contributed by atoms with Crippen LogP contribution in [-0.2, 0) is 29.0 Å². The largest absolute Gasteiger partial charge is 0.483 e. The Hall–Kier alpha value is -3.12. The summed E-state index contributed by atoms with van der Waals surface area (Å²) in [5, 5.41) is 3.29. The monoisotopic (exact) mass is 590 g/mol. The molecule has 0 saturated heterocycles. The van der Waals surface area contributed by atoms with Crippen molar-refractivity contribution in [3.63, 3.8) is 0 Å². The van der Waals surface area contributed by atoms with E-state index in [9.17, 15) is 9.59 Å². The standard InChI is InChI=1S/C33H39BrN2O3/c1-3-25-17-18-31(29(34)20-25)39-23-32(37)36(22-27-14-10-11-24(2)19-27)30(21-26-12-6-4-7-13-26)33(38)35-28-15-8-5-9-16-28/h4,6-7,10-14,17-20,28,30H,3,5,8-9,15-16,21-23H2,1-2H3,(H,35,38)/t30-/m1/s1. The van der Waals surface area contributed by atoms with Crippen molar-refractivity contribution in [1.29, 1.82) is 0 Å². The molecule has 0 spiro atoms. The highest BCUT2D eigenvalue weighted by Gasteiger charge is 2.32. The molecule has 0 radical (unpaired) electrons. The topological polar surface area (TPSA) is 58.6 Å². The van der Waals surface area contributed by atoms with Gasteiger partial charge in [0.1, 0.15) is 11.8 Å². The van der Waals surface area contributed by atoms with Gasteiger partial charge in [0.05, 0.1) is 4.47 Å². The second-order valence-electron chi connectivity index (χ2n) is 10.5. The number of halogens is 1. The molecule has 1 aliphatic carbocycles. The van der Waals surface area contributed by atoms with Crippen molar-refractivity contribution < 1.29 is 14.3 Å². The summed E-state index contributed by atoms with van der Waals surface area (Å²) in [6.07, 6.45) is 6.79. The Kier molecular flexibility index (Phi) is 10.6. The Bertz CT molecular complexity index is 1240. The van der Waals surface area contributed by atoms with Crippen LogP contribution in [0.25, 0.3) is 0 Å². The SMILES string of the molecule is CCc1ccc(OCC(=O)N(Cc2cccc(C)c2)[C@H](Cc2ccccc2)C(=O)NC2CCCCC2)c(Br)c1. The van der Waals surface area contributed by atoms with Crippen molar-refractivity contribution in [2.24, 2.45) is 0 Å². The fraction of sp³-hybridized carbons (Fsp3) is 0.394. The first-order valence-electron chi connectivity index (χ1n) is 14.0. The minimum atomic E-state index is -0.656. The smallest absolute Gasteiger partial charge is 0.261 e. The van der Waals surface area contributed by atoms with Crippen LogP contribution in [0.5, 0.6) is 5.75 Å². The zero-order chi connectivity index (χ0) is 27.6. The third kappa shape index (κ3) is 8.43. The molecule has 1 N–H and O–H groups in total. The fourth-order valence-corrected chi connectivity index (χ4v) is 5.75. The molecule has 0 bridgehead atoms. The lowest BCUT2D eigenvalue weighted by Gasteiger charge is -2.33. The van der Waals surface area contributed by atoms with Crippen LogP contribution in [0.1, 0.15) is 61.3 Å². The first-order chi connectivity index (χ1) is 18.9. The van der Waals surface area contributed by atoms with Crippen molar-refractivity contribution >= 4 is 27.7 Å². The van der Waals surface area contributed by atoms with Crippen molar-refractivity contribution in [3.8, 4) is 5.75 Å². The summed E-state index contributed by atoms with van der Waals surface area (Å²) in [5.41, 5.74) is 4.30. The van der Waals surface area contributed by atoms with Gasteiger partial charge in [-0.25, -0.2) is 0 Å². The summed E-state index contributed by atoms with van der Waals surface area (Å²) < 4.78 is 6.82. The predicted octanol–water partition coefficient (Wildman–Crippen LogP) is 6.79. The number of hydrogen-bond acceptors (Lipinski definition) is 3. The number of ether oxygens (including phenoxy) is 1. The molecule has 3 aromatic carbocycles. The van der Waals surface area contributed by atoms with Gasteiger partial charge in [0, 0.05) is 19.0 Å². The first-order valence-corrected chi connectivity index (χ1v) is 14.8. The summed E-state index contributed by atoms with van der Waals surface area (Å²) in [4.78, 5) is 29.4. The van der Waals surface area contributed by atoms with Gasteiger partial charge in [-0.05, 0) is 70.9 Å². The summed E-state index contributed by atoms with van der Waals surface area (Å²) in [6, 6.07) is 23.4. The molecule has 5 nitrogen and oxygen atoms in total. The van der Waals surface area contributed by atoms with Crippen LogP contribution in [-0.4, -0.2) is 35.4 Å². The molecule has 0 aromatic heterocycles. The quantitative estimate of drug-likeness (QED) is 0.267. The van der Waals surface area contributed by atoms with E-state index in [1.165, 1.54) is 12.0 Å². The van der Waals surface area contributed by atoms with Gasteiger partial charge in [-0.15, -0.1) is 0 Å². The van der Waals surface area contributed by atoms with Crippen LogP contribution in [0, 0.1) is 6.92 Å². The molecular formula is C33H39BrN2O3. The van der Waals surface area contributed by atoms with Gasteiger partial charge in [-0.2, -0.15) is 0 Å². The van der Waals surface area contributed by atoms with Gasteiger partial charge in [-0.1, -0.05) is 92.4 Å². The lowest BCUT2D eigenvalue weighted by Crippen LogP contribution is -2.53. The molecule has 39 heavy (non-hydrogen) atoms. The highest BCUT2D eigenvalue weighted by molar-refractivity contribution is 9.10. The van der Waals surface area contributed by atoms with E-state index < -0.39 is 6.04 Å². The van der Waals surface area contributed by atoms with E-state index in [-0.39, 0.29) is 24.5 Å². The molecule has 1 saturated carbocycles. The minimum absolute atomic E-state index is 0.0970. The molecule has 2 amide bonds. The van der Waals surface area contributed by atoms with E-state index in [4.69, 9.17) is 4.74 Å². The van der Waals surface area contributed by atoms with E-state index in [1.54, 1.807) is 4.90 Å². The number of hydrogen-bond donors (Lipinski definition) is 1. The summed E-state index contributed by atoms with van der Waals surface area (Å²) in [6.45, 7) is 4.31. The van der Waals surface area contributed by atoms with Crippen LogP contribution in [0.4, 0.5) is 0 Å². The molecule has 6 heteroatoms. The second kappa shape index (κ2) is 14.3. The third-order valence-electron chi connectivity index (χ3n) is 7.41. The van der Waals surface area contributed by atoms with Gasteiger partial charge in [-0.3, -0.25) is 9.59 Å². The molecule has 0 aliphatic heterocycles. The number of carbonyl (C=O) groups excluding carboxylic acids is 2. The lowest BCUT2D eigenvalue weighted by atomic mass is 9.94. The maximum absolute atomic E-state index is 13.9. The summed E-state index contributed by atoms with van der Waals surface area (Å²) in [5.74, 6) is 0.297. The van der Waals surface area contributed by atoms with E-state index in [0.29, 0.717) is 18.7 Å². The van der Waals surface area contributed by atoms with Crippen molar-refractivity contribution in [3.05, 3.63) is 99.5 Å². The zero-order valence-electron chi connectivity index (χ0n) is 23.0. The Morgan fingerprint density at radius 2 is 1.69 bits per heavy atom. The number of amides is 2. The van der Waals surface area contributed by atoms with E-state index in [1.807, 2.05) is 73.7 Å². The average molecular weight is 592 g/mol. The number of carbonyl (C=O) groups is 2. The Morgan fingerprint density at radius 1 is 0.949 bits per heavy atom. The highest BCUT2D eigenvalue weighted by Crippen LogP contribution is 2.27. The number of aryl methyl sites for hydroxylation is 2. The van der Waals surface area contributed by atoms with Crippen LogP contribution >= 0.6 is 15.9 Å². The normalized spacial score (nSPS) is 14.4. The van der Waals surface area contributed by atoms with Gasteiger partial charge in [0.25, 0.3) is 5.91 Å². The van der Waals surface area contributed by atoms with Gasteiger partial charge in [0.2, 0.25) is 5.91 Å². The molecule has 4 rings (SSSR count). The third-order valence-corrected chi connectivity index (χ3v) is 8.03. The van der Waals surface area contributed by atoms with Crippen LogP contribution < -0.4 is 10.1 Å². The Balaban J connectivity index is 1.61. The zero-order valence-corrected chi connectivity index (χ0v) is 24.6. The first kappa shape index (κ1) is 28.9. The molecule has 0 unspecified atom stereocenters. The number of rotatable bonds is 11. The van der Waals surface area contributed by atoms with E-state index in [0.717, 1.165) is 53.3 Å². The number of nitrogens with zero attached hydrogens (tertiary/aromatic N) is 1. The van der Waals surface area contributed by atoms with E-state index >= 15 is 0 Å². The van der Waals surface area contributed by atoms with Gasteiger partial charge in [0.15, 0.2) is 6.61 Å². The second-order valence-corrected chi connectivity index (χ2v) is 11.3. The molecule has 1 aliphatic rings. The summed E-state index contributed by atoms with van der Waals surface area (Å²) >= 11 is 3.57. The Morgan fingerprint density at radius 3 is 2.38 bits per heavy atom. The number of benzene rings is 3. The highest BCUT2D eigenvalue weighted by atomic mass is 79.9. The molecule has 3 aromatic rings. The lowest BCUT2D eigenvalue weighted by molar-refractivity contribution is -0.143.